The van der Waals surface area contributed by atoms with Crippen LogP contribution < -0.4 is 10.6 Å². The Morgan fingerprint density at radius 2 is 1.68 bits per heavy atom. The van der Waals surface area contributed by atoms with Crippen molar-refractivity contribution in [2.75, 3.05) is 76.1 Å². The quantitative estimate of drug-likeness (QED) is 0.647. The maximum Gasteiger partial charge on any atom is 0.225 e. The summed E-state index contributed by atoms with van der Waals surface area (Å²) in [6.07, 6.45) is 7.40. The molecule has 1 aliphatic carbocycles. The zero-order valence-corrected chi connectivity index (χ0v) is 20.5. The van der Waals surface area contributed by atoms with Crippen LogP contribution in [0.2, 0.25) is 0 Å². The first-order valence-corrected chi connectivity index (χ1v) is 13.1. The Labute approximate surface area is 202 Å². The van der Waals surface area contributed by atoms with Crippen LogP contribution in [0.3, 0.4) is 0 Å². The van der Waals surface area contributed by atoms with Crippen LogP contribution in [0.4, 0.5) is 11.8 Å². The summed E-state index contributed by atoms with van der Waals surface area (Å²) in [5.74, 6) is 1.65. The second-order valence-corrected chi connectivity index (χ2v) is 9.94. The van der Waals surface area contributed by atoms with E-state index in [-0.39, 0.29) is 11.9 Å². The molecule has 3 fully saturated rings. The molecule has 2 aromatic heterocycles. The van der Waals surface area contributed by atoms with Crippen LogP contribution in [0.1, 0.15) is 39.0 Å². The minimum Gasteiger partial charge on any atom is -0.368 e. The Bertz CT molecular complexity index is 970. The highest BCUT2D eigenvalue weighted by Gasteiger charge is 2.30. The van der Waals surface area contributed by atoms with Crippen LogP contribution in [-0.4, -0.2) is 106 Å². The Morgan fingerprint density at radius 3 is 2.38 bits per heavy atom. The Kier molecular flexibility index (Phi) is 7.15. The highest BCUT2D eigenvalue weighted by molar-refractivity contribution is 5.85. The van der Waals surface area contributed by atoms with E-state index in [1.807, 2.05) is 11.2 Å². The summed E-state index contributed by atoms with van der Waals surface area (Å²) >= 11 is 0. The van der Waals surface area contributed by atoms with Gasteiger partial charge in [0.1, 0.15) is 0 Å². The van der Waals surface area contributed by atoms with Crippen molar-refractivity contribution in [3.8, 4) is 0 Å². The summed E-state index contributed by atoms with van der Waals surface area (Å²) in [5, 5.41) is 0. The number of hydrogen-bond acceptors (Lipinski definition) is 8. The molecule has 5 rings (SSSR count). The number of carbonyl (C=O) groups excluding carboxylic acids is 1. The fraction of sp³-hybridized carbons (Fsp3) is 0.750. The Balaban J connectivity index is 1.20. The summed E-state index contributed by atoms with van der Waals surface area (Å²) in [4.78, 5) is 35.9. The van der Waals surface area contributed by atoms with Crippen LogP contribution in [0.25, 0.3) is 11.2 Å². The van der Waals surface area contributed by atoms with E-state index in [9.17, 15) is 4.79 Å². The molecule has 34 heavy (non-hydrogen) atoms. The van der Waals surface area contributed by atoms with Crippen LogP contribution in [-0.2, 0) is 11.3 Å². The summed E-state index contributed by atoms with van der Waals surface area (Å²) in [5.41, 5.74) is 7.74. The molecule has 2 N–H and O–H groups in total. The van der Waals surface area contributed by atoms with Crippen molar-refractivity contribution in [3.05, 3.63) is 6.33 Å². The van der Waals surface area contributed by atoms with E-state index < -0.39 is 0 Å². The van der Waals surface area contributed by atoms with Crippen molar-refractivity contribution in [1.82, 2.24) is 34.2 Å². The molecular weight excluding hydrogens is 430 g/mol. The molecule has 0 radical (unpaired) electrons. The van der Waals surface area contributed by atoms with Gasteiger partial charge in [-0.15, -0.1) is 0 Å². The molecule has 0 unspecified atom stereocenters. The molecule has 2 aromatic rings. The van der Waals surface area contributed by atoms with Gasteiger partial charge in [-0.2, -0.15) is 9.97 Å². The maximum atomic E-state index is 12.8. The number of piperazine rings is 2. The molecule has 10 nitrogen and oxygen atoms in total. The number of carbonyl (C=O) groups is 1. The van der Waals surface area contributed by atoms with Gasteiger partial charge in [-0.1, -0.05) is 19.8 Å². The molecule has 0 bridgehead atoms. The molecule has 4 heterocycles. The molecule has 2 saturated heterocycles. The van der Waals surface area contributed by atoms with Crippen LogP contribution in [0.15, 0.2) is 6.33 Å². The molecule has 10 heteroatoms. The zero-order valence-electron chi connectivity index (χ0n) is 20.5. The summed E-state index contributed by atoms with van der Waals surface area (Å²) in [6, 6.07) is 0. The van der Waals surface area contributed by atoms with E-state index in [2.05, 4.69) is 41.1 Å². The first-order chi connectivity index (χ1) is 16.6. The predicted octanol–water partition coefficient (Wildman–Crippen LogP) is 1.27. The average molecular weight is 470 g/mol. The molecule has 1 saturated carbocycles. The van der Waals surface area contributed by atoms with E-state index in [0.717, 1.165) is 108 Å². The number of rotatable bonds is 7. The molecular formula is C24H39N9O. The van der Waals surface area contributed by atoms with Crippen molar-refractivity contribution in [1.29, 1.82) is 0 Å². The number of anilines is 2. The lowest BCUT2D eigenvalue weighted by Gasteiger charge is -2.36. The lowest BCUT2D eigenvalue weighted by Crippen LogP contribution is -2.50. The van der Waals surface area contributed by atoms with Gasteiger partial charge in [-0.25, -0.2) is 4.98 Å². The van der Waals surface area contributed by atoms with Gasteiger partial charge in [0.15, 0.2) is 17.0 Å². The number of amides is 1. The highest BCUT2D eigenvalue weighted by Crippen LogP contribution is 2.28. The van der Waals surface area contributed by atoms with Crippen molar-refractivity contribution < 1.29 is 4.79 Å². The first kappa shape index (κ1) is 23.3. The fourth-order valence-corrected chi connectivity index (χ4v) is 5.69. The number of fused-ring (bicyclic) bond motifs is 1. The largest absolute Gasteiger partial charge is 0.368 e. The van der Waals surface area contributed by atoms with Gasteiger partial charge in [0.05, 0.1) is 6.33 Å². The van der Waals surface area contributed by atoms with Gasteiger partial charge in [0, 0.05) is 64.8 Å². The van der Waals surface area contributed by atoms with E-state index in [1.54, 1.807) is 0 Å². The third kappa shape index (κ3) is 4.98. The third-order valence-corrected chi connectivity index (χ3v) is 7.84. The lowest BCUT2D eigenvalue weighted by molar-refractivity contribution is -0.135. The first-order valence-electron chi connectivity index (χ1n) is 13.1. The second kappa shape index (κ2) is 10.4. The number of imidazole rings is 1. The van der Waals surface area contributed by atoms with E-state index in [1.165, 1.54) is 12.8 Å². The zero-order chi connectivity index (χ0) is 23.5. The summed E-state index contributed by atoms with van der Waals surface area (Å²) in [6.45, 7) is 12.9. The number of likely N-dealkylation sites (N-methyl/N-ethyl adjacent to an activating group) is 1. The van der Waals surface area contributed by atoms with Gasteiger partial charge >= 0.3 is 0 Å². The number of nitrogens with zero attached hydrogens (tertiary/aromatic N) is 8. The number of aromatic nitrogens is 4. The Morgan fingerprint density at radius 1 is 0.971 bits per heavy atom. The number of nitrogens with two attached hydrogens (primary N) is 1. The van der Waals surface area contributed by atoms with Gasteiger partial charge in [-0.3, -0.25) is 4.79 Å². The topological polar surface area (TPSA) is 99.7 Å². The molecule has 0 atom stereocenters. The van der Waals surface area contributed by atoms with E-state index >= 15 is 0 Å². The third-order valence-electron chi connectivity index (χ3n) is 7.84. The van der Waals surface area contributed by atoms with Crippen LogP contribution >= 0.6 is 0 Å². The number of aryl methyl sites for hydroxylation is 1. The summed E-state index contributed by atoms with van der Waals surface area (Å²) in [7, 11) is 0. The molecule has 3 aliphatic rings. The molecule has 0 aromatic carbocycles. The van der Waals surface area contributed by atoms with Gasteiger partial charge < -0.3 is 29.9 Å². The molecule has 0 spiro atoms. The van der Waals surface area contributed by atoms with Gasteiger partial charge in [0.2, 0.25) is 11.9 Å². The predicted molar refractivity (Wildman–Crippen MR) is 134 cm³/mol. The SMILES string of the molecule is CCN1CCN(CCCn2cnc3c(N4CCN(C(=O)C5CCCC5)CC4)nc(N)nc32)CC1. The molecule has 186 valence electrons. The van der Waals surface area contributed by atoms with E-state index in [4.69, 9.17) is 5.73 Å². The summed E-state index contributed by atoms with van der Waals surface area (Å²) < 4.78 is 2.11. The van der Waals surface area contributed by atoms with Gasteiger partial charge in [0.25, 0.3) is 0 Å². The molecule has 2 aliphatic heterocycles. The standard InChI is InChI=1S/C24H39N9O/c1-2-29-10-12-30(13-11-29)8-5-9-33-18-26-20-21(27-24(25)28-22(20)33)31-14-16-32(17-15-31)23(34)19-6-3-4-7-19/h18-19H,2-17H2,1H3,(H2,25,27,28). The highest BCUT2D eigenvalue weighted by atomic mass is 16.2. The lowest BCUT2D eigenvalue weighted by atomic mass is 10.1. The van der Waals surface area contributed by atoms with Crippen molar-refractivity contribution in [2.24, 2.45) is 5.92 Å². The van der Waals surface area contributed by atoms with Crippen molar-refractivity contribution in [3.63, 3.8) is 0 Å². The molecule has 1 amide bonds. The fourth-order valence-electron chi connectivity index (χ4n) is 5.69. The van der Waals surface area contributed by atoms with Crippen LogP contribution in [0.5, 0.6) is 0 Å². The monoisotopic (exact) mass is 469 g/mol. The smallest absolute Gasteiger partial charge is 0.225 e. The van der Waals surface area contributed by atoms with Gasteiger partial charge in [-0.05, 0) is 32.4 Å². The Hall–Kier alpha value is -2.46. The normalized spacial score (nSPS) is 21.1. The van der Waals surface area contributed by atoms with Crippen LogP contribution in [0, 0.1) is 5.92 Å². The van der Waals surface area contributed by atoms with Crippen molar-refractivity contribution >= 4 is 28.8 Å². The minimum absolute atomic E-state index is 0.235. The number of hydrogen-bond donors (Lipinski definition) is 1. The number of nitrogen functional groups attached to an aromatic ring is 1. The minimum atomic E-state index is 0.235. The second-order valence-electron chi connectivity index (χ2n) is 9.94. The van der Waals surface area contributed by atoms with Crippen molar-refractivity contribution in [2.45, 2.75) is 45.6 Å². The van der Waals surface area contributed by atoms with E-state index in [0.29, 0.717) is 5.91 Å². The average Bonchev–Trinajstić information content (AvgIpc) is 3.54. The maximum absolute atomic E-state index is 12.8.